The van der Waals surface area contributed by atoms with Gasteiger partial charge in [0, 0.05) is 24.9 Å². The molecule has 0 aliphatic carbocycles. The van der Waals surface area contributed by atoms with E-state index < -0.39 is 0 Å². The van der Waals surface area contributed by atoms with Gasteiger partial charge in [-0.3, -0.25) is 0 Å². The van der Waals surface area contributed by atoms with E-state index in [1.165, 1.54) is 0 Å². The number of anilines is 2. The first-order valence-electron chi connectivity index (χ1n) is 4.59. The van der Waals surface area contributed by atoms with Gasteiger partial charge >= 0.3 is 0 Å². The van der Waals surface area contributed by atoms with Crippen molar-refractivity contribution in [3.05, 3.63) is 0 Å². The number of hydrogen-bond donors (Lipinski definition) is 2. The molecule has 0 saturated carbocycles. The molecule has 80 valence electrons. The van der Waals surface area contributed by atoms with Crippen LogP contribution in [0.1, 0.15) is 13.8 Å². The summed E-state index contributed by atoms with van der Waals surface area (Å²) in [5, 5.41) is 16.8. The van der Waals surface area contributed by atoms with Crippen LogP contribution < -0.4 is 10.6 Å². The van der Waals surface area contributed by atoms with E-state index >= 15 is 0 Å². The number of nitrogens with one attached hydrogen (secondary N) is 2. The van der Waals surface area contributed by atoms with Gasteiger partial charge in [-0.2, -0.15) is 20.2 Å². The highest BCUT2D eigenvalue weighted by Crippen LogP contribution is 2.14. The zero-order valence-corrected chi connectivity index (χ0v) is 9.43. The van der Waals surface area contributed by atoms with E-state index in [4.69, 9.17) is 5.26 Å². The fraction of sp³-hybridized carbons (Fsp3) is 0.500. The number of nitrogens with zero attached hydrogens (tertiary/aromatic N) is 4. The highest BCUT2D eigenvalue weighted by atomic mass is 32.2. The predicted molar refractivity (Wildman–Crippen MR) is 59.6 cm³/mol. The Morgan fingerprint density at radius 3 is 2.07 bits per heavy atom. The van der Waals surface area contributed by atoms with E-state index in [2.05, 4.69) is 25.6 Å². The van der Waals surface area contributed by atoms with Crippen LogP contribution in [0.25, 0.3) is 0 Å². The van der Waals surface area contributed by atoms with Gasteiger partial charge in [0.2, 0.25) is 17.1 Å². The normalized spacial score (nSPS) is 9.40. The zero-order valence-electron chi connectivity index (χ0n) is 8.61. The monoisotopic (exact) mass is 224 g/mol. The molecular formula is C8H12N6S. The molecule has 0 saturated heterocycles. The summed E-state index contributed by atoms with van der Waals surface area (Å²) < 4.78 is 0. The predicted octanol–water partition coefficient (Wildman–Crippen LogP) is 1.31. The lowest BCUT2D eigenvalue weighted by Gasteiger charge is -2.05. The molecule has 0 amide bonds. The minimum absolute atomic E-state index is 0.402. The van der Waals surface area contributed by atoms with Crippen LogP contribution in [0.15, 0.2) is 5.16 Å². The van der Waals surface area contributed by atoms with E-state index in [1.807, 2.05) is 19.2 Å². The molecule has 1 aromatic heterocycles. The van der Waals surface area contributed by atoms with Gasteiger partial charge in [0.05, 0.1) is 0 Å². The molecule has 0 atom stereocenters. The second kappa shape index (κ2) is 6.03. The van der Waals surface area contributed by atoms with Crippen molar-refractivity contribution in [2.75, 3.05) is 23.7 Å². The second-order valence-corrected chi connectivity index (χ2v) is 3.27. The Labute approximate surface area is 92.5 Å². The van der Waals surface area contributed by atoms with Gasteiger partial charge in [-0.15, -0.1) is 0 Å². The van der Waals surface area contributed by atoms with Gasteiger partial charge in [0.25, 0.3) is 0 Å². The van der Waals surface area contributed by atoms with Crippen LogP contribution in [0.5, 0.6) is 0 Å². The van der Waals surface area contributed by atoms with Crippen molar-refractivity contribution in [1.29, 1.82) is 5.26 Å². The molecule has 7 heteroatoms. The average molecular weight is 224 g/mol. The maximum atomic E-state index is 8.53. The van der Waals surface area contributed by atoms with Gasteiger partial charge in [0.15, 0.2) is 0 Å². The summed E-state index contributed by atoms with van der Waals surface area (Å²) in [5.74, 6) is 0.974. The fourth-order valence-electron chi connectivity index (χ4n) is 0.917. The Kier molecular flexibility index (Phi) is 4.63. The first-order chi connectivity index (χ1) is 7.30. The molecular weight excluding hydrogens is 212 g/mol. The number of rotatable bonds is 5. The SMILES string of the molecule is CCNc1nc(NCC)nc(SC#N)n1. The van der Waals surface area contributed by atoms with Crippen molar-refractivity contribution in [3.8, 4) is 5.40 Å². The molecule has 2 N–H and O–H groups in total. The summed E-state index contributed by atoms with van der Waals surface area (Å²) in [7, 11) is 0. The Morgan fingerprint density at radius 1 is 1.13 bits per heavy atom. The maximum absolute atomic E-state index is 8.53. The molecule has 0 unspecified atom stereocenters. The zero-order chi connectivity index (χ0) is 11.1. The first kappa shape index (κ1) is 11.5. The summed E-state index contributed by atoms with van der Waals surface area (Å²) in [6, 6.07) is 0. The number of nitriles is 1. The van der Waals surface area contributed by atoms with Gasteiger partial charge in [-0.25, -0.2) is 0 Å². The molecule has 0 spiro atoms. The van der Waals surface area contributed by atoms with Crippen LogP contribution >= 0.6 is 11.8 Å². The lowest BCUT2D eigenvalue weighted by molar-refractivity contribution is 0.897. The lowest BCUT2D eigenvalue weighted by atomic mass is 10.7. The molecule has 1 heterocycles. The summed E-state index contributed by atoms with van der Waals surface area (Å²) in [5.41, 5.74) is 0. The van der Waals surface area contributed by atoms with Crippen LogP contribution in [0.3, 0.4) is 0 Å². The number of thiocyanates is 1. The van der Waals surface area contributed by atoms with E-state index in [9.17, 15) is 0 Å². The summed E-state index contributed by atoms with van der Waals surface area (Å²) in [6.07, 6.45) is 0. The van der Waals surface area contributed by atoms with Gasteiger partial charge < -0.3 is 10.6 Å². The van der Waals surface area contributed by atoms with Crippen molar-refractivity contribution in [2.24, 2.45) is 0 Å². The molecule has 0 bridgehead atoms. The maximum Gasteiger partial charge on any atom is 0.228 e. The Balaban J connectivity index is 2.92. The van der Waals surface area contributed by atoms with Crippen molar-refractivity contribution >= 4 is 23.7 Å². The van der Waals surface area contributed by atoms with Crippen LogP contribution in [0.2, 0.25) is 0 Å². The average Bonchev–Trinajstić information content (AvgIpc) is 2.19. The third-order valence-electron chi connectivity index (χ3n) is 1.42. The highest BCUT2D eigenvalue weighted by molar-refractivity contribution is 8.03. The van der Waals surface area contributed by atoms with Crippen LogP contribution in [-0.2, 0) is 0 Å². The third-order valence-corrected chi connectivity index (χ3v) is 1.88. The smallest absolute Gasteiger partial charge is 0.228 e. The largest absolute Gasteiger partial charge is 0.354 e. The Hall–Kier alpha value is -1.55. The van der Waals surface area contributed by atoms with Crippen LogP contribution in [-0.4, -0.2) is 28.0 Å². The number of thioether (sulfide) groups is 1. The summed E-state index contributed by atoms with van der Waals surface area (Å²) in [4.78, 5) is 12.3. The Morgan fingerprint density at radius 2 is 1.67 bits per heavy atom. The molecule has 1 rings (SSSR count). The van der Waals surface area contributed by atoms with Crippen LogP contribution in [0.4, 0.5) is 11.9 Å². The molecule has 0 radical (unpaired) electrons. The van der Waals surface area contributed by atoms with E-state index in [-0.39, 0.29) is 0 Å². The highest BCUT2D eigenvalue weighted by Gasteiger charge is 2.05. The lowest BCUT2D eigenvalue weighted by Crippen LogP contribution is -2.09. The van der Waals surface area contributed by atoms with E-state index in [0.29, 0.717) is 17.1 Å². The van der Waals surface area contributed by atoms with Gasteiger partial charge in [-0.05, 0) is 13.8 Å². The second-order valence-electron chi connectivity index (χ2n) is 2.52. The number of aromatic nitrogens is 3. The van der Waals surface area contributed by atoms with Gasteiger partial charge in [0.1, 0.15) is 5.40 Å². The van der Waals surface area contributed by atoms with Crippen molar-refractivity contribution in [2.45, 2.75) is 19.0 Å². The van der Waals surface area contributed by atoms with E-state index in [0.717, 1.165) is 24.9 Å². The topological polar surface area (TPSA) is 86.5 Å². The van der Waals surface area contributed by atoms with Gasteiger partial charge in [-0.1, -0.05) is 0 Å². The quantitative estimate of drug-likeness (QED) is 0.576. The standard InChI is InChI=1S/C8H12N6S/c1-3-10-6-12-7(11-4-2)14-8(13-6)15-5-9/h3-4H2,1-2H3,(H2,10,11,12,13,14). The van der Waals surface area contributed by atoms with Crippen molar-refractivity contribution < 1.29 is 0 Å². The minimum atomic E-state index is 0.402. The molecule has 0 aliphatic heterocycles. The molecule has 0 aliphatic rings. The Bertz CT molecular complexity index is 336. The molecule has 15 heavy (non-hydrogen) atoms. The minimum Gasteiger partial charge on any atom is -0.354 e. The van der Waals surface area contributed by atoms with Crippen LogP contribution in [0, 0.1) is 10.7 Å². The summed E-state index contributed by atoms with van der Waals surface area (Å²) >= 11 is 0.919. The molecule has 1 aromatic rings. The molecule has 0 aromatic carbocycles. The molecule has 0 fully saturated rings. The third kappa shape index (κ3) is 3.59. The summed E-state index contributed by atoms with van der Waals surface area (Å²) in [6.45, 7) is 5.36. The van der Waals surface area contributed by atoms with E-state index in [1.54, 1.807) is 0 Å². The van der Waals surface area contributed by atoms with Crippen molar-refractivity contribution in [1.82, 2.24) is 15.0 Å². The molecule has 6 nitrogen and oxygen atoms in total. The fourth-order valence-corrected chi connectivity index (χ4v) is 1.26. The number of hydrogen-bond acceptors (Lipinski definition) is 7. The van der Waals surface area contributed by atoms with Crippen molar-refractivity contribution in [3.63, 3.8) is 0 Å². The first-order valence-corrected chi connectivity index (χ1v) is 5.41.